The van der Waals surface area contributed by atoms with Crippen LogP contribution in [0, 0.1) is 0 Å². The van der Waals surface area contributed by atoms with Crippen molar-refractivity contribution in [3.05, 3.63) is 60.0 Å². The van der Waals surface area contributed by atoms with Crippen LogP contribution in [0.15, 0.2) is 48.7 Å². The number of ether oxygens (including phenoxy) is 1. The van der Waals surface area contributed by atoms with Crippen molar-refractivity contribution in [3.63, 3.8) is 0 Å². The van der Waals surface area contributed by atoms with Crippen LogP contribution in [-0.2, 0) is 17.6 Å². The summed E-state index contributed by atoms with van der Waals surface area (Å²) in [6.45, 7) is 0.607. The van der Waals surface area contributed by atoms with Crippen LogP contribution in [-0.4, -0.2) is 34.2 Å². The molecule has 2 aromatic heterocycles. The number of carbonyl (C=O) groups is 1. The molecule has 6 heteroatoms. The Kier molecular flexibility index (Phi) is 5.05. The van der Waals surface area contributed by atoms with Gasteiger partial charge in [0.2, 0.25) is 5.91 Å². The van der Waals surface area contributed by atoms with Crippen molar-refractivity contribution in [1.29, 1.82) is 0 Å². The molecule has 1 amide bonds. The summed E-state index contributed by atoms with van der Waals surface area (Å²) in [5, 5.41) is 11.2. The molecule has 1 N–H and O–H groups in total. The second-order valence-electron chi connectivity index (χ2n) is 5.49. The van der Waals surface area contributed by atoms with Gasteiger partial charge in [-0.2, -0.15) is 0 Å². The summed E-state index contributed by atoms with van der Waals surface area (Å²) in [7, 11) is 1.61. The number of benzene rings is 1. The second kappa shape index (κ2) is 7.59. The largest absolute Gasteiger partial charge is 0.496 e. The topological polar surface area (TPSA) is 68.5 Å². The molecule has 0 saturated carbocycles. The number of hydrogen-bond donors (Lipinski definition) is 1. The number of pyridine rings is 1. The Bertz CT molecular complexity index is 829. The molecule has 0 radical (unpaired) electrons. The number of fused-ring (bicyclic) bond motifs is 1. The van der Waals surface area contributed by atoms with Crippen LogP contribution in [0.4, 0.5) is 0 Å². The van der Waals surface area contributed by atoms with Crippen LogP contribution in [0.1, 0.15) is 17.8 Å². The predicted octanol–water partition coefficient (Wildman–Crippen LogP) is 2.03. The van der Waals surface area contributed by atoms with E-state index in [2.05, 4.69) is 15.5 Å². The SMILES string of the molecule is COc1ccccc1CC(=O)NCCCc1nnc2ccccn12. The van der Waals surface area contributed by atoms with Crippen molar-refractivity contribution in [2.45, 2.75) is 19.3 Å². The van der Waals surface area contributed by atoms with E-state index in [4.69, 9.17) is 4.74 Å². The molecule has 24 heavy (non-hydrogen) atoms. The summed E-state index contributed by atoms with van der Waals surface area (Å²) in [5.74, 6) is 1.64. The van der Waals surface area contributed by atoms with Gasteiger partial charge in [0.25, 0.3) is 0 Å². The molecule has 0 fully saturated rings. The van der Waals surface area contributed by atoms with Gasteiger partial charge in [-0.25, -0.2) is 0 Å². The van der Waals surface area contributed by atoms with Crippen molar-refractivity contribution < 1.29 is 9.53 Å². The highest BCUT2D eigenvalue weighted by atomic mass is 16.5. The minimum atomic E-state index is -0.00870. The third-order valence-electron chi connectivity index (χ3n) is 3.83. The van der Waals surface area contributed by atoms with E-state index in [-0.39, 0.29) is 5.91 Å². The fraction of sp³-hybridized carbons (Fsp3) is 0.278. The number of aryl methyl sites for hydroxylation is 1. The second-order valence-corrected chi connectivity index (χ2v) is 5.49. The Hall–Kier alpha value is -2.89. The minimum Gasteiger partial charge on any atom is -0.496 e. The summed E-state index contributed by atoms with van der Waals surface area (Å²) in [6.07, 6.45) is 3.84. The van der Waals surface area contributed by atoms with E-state index in [1.165, 1.54) is 0 Å². The van der Waals surface area contributed by atoms with Gasteiger partial charge < -0.3 is 10.1 Å². The number of para-hydroxylation sites is 1. The highest BCUT2D eigenvalue weighted by molar-refractivity contribution is 5.79. The number of aromatic nitrogens is 3. The number of amides is 1. The molecule has 3 rings (SSSR count). The summed E-state index contributed by atoms with van der Waals surface area (Å²) in [5.41, 5.74) is 1.73. The molecule has 0 atom stereocenters. The highest BCUT2D eigenvalue weighted by Gasteiger charge is 2.08. The van der Waals surface area contributed by atoms with Crippen molar-refractivity contribution in [3.8, 4) is 5.75 Å². The van der Waals surface area contributed by atoms with E-state index in [0.29, 0.717) is 13.0 Å². The first-order valence-electron chi connectivity index (χ1n) is 7.95. The van der Waals surface area contributed by atoms with E-state index in [0.717, 1.165) is 35.6 Å². The van der Waals surface area contributed by atoms with E-state index < -0.39 is 0 Å². The average molecular weight is 324 g/mol. The third kappa shape index (κ3) is 3.71. The molecule has 0 bridgehead atoms. The molecule has 0 unspecified atom stereocenters. The maximum atomic E-state index is 12.1. The summed E-state index contributed by atoms with van der Waals surface area (Å²) < 4.78 is 7.23. The van der Waals surface area contributed by atoms with Gasteiger partial charge in [0.05, 0.1) is 13.5 Å². The average Bonchev–Trinajstić information content (AvgIpc) is 3.02. The number of hydrogen-bond acceptors (Lipinski definition) is 4. The van der Waals surface area contributed by atoms with Gasteiger partial charge in [0.15, 0.2) is 5.65 Å². The van der Waals surface area contributed by atoms with Gasteiger partial charge in [0.1, 0.15) is 11.6 Å². The van der Waals surface area contributed by atoms with E-state index in [1.54, 1.807) is 7.11 Å². The molecular weight excluding hydrogens is 304 g/mol. The maximum Gasteiger partial charge on any atom is 0.224 e. The van der Waals surface area contributed by atoms with Gasteiger partial charge in [-0.05, 0) is 24.6 Å². The molecule has 0 aliphatic heterocycles. The van der Waals surface area contributed by atoms with Crippen LogP contribution < -0.4 is 10.1 Å². The molecule has 1 aromatic carbocycles. The van der Waals surface area contributed by atoms with Crippen molar-refractivity contribution in [2.24, 2.45) is 0 Å². The zero-order valence-electron chi connectivity index (χ0n) is 13.6. The number of methoxy groups -OCH3 is 1. The molecule has 3 aromatic rings. The van der Waals surface area contributed by atoms with Gasteiger partial charge in [-0.1, -0.05) is 24.3 Å². The first kappa shape index (κ1) is 16.0. The zero-order valence-corrected chi connectivity index (χ0v) is 13.6. The molecule has 0 aliphatic rings. The van der Waals surface area contributed by atoms with Crippen molar-refractivity contribution in [2.75, 3.05) is 13.7 Å². The van der Waals surface area contributed by atoms with Gasteiger partial charge >= 0.3 is 0 Å². The van der Waals surface area contributed by atoms with Gasteiger partial charge in [0, 0.05) is 24.7 Å². The molecule has 0 saturated heterocycles. The lowest BCUT2D eigenvalue weighted by molar-refractivity contribution is -0.120. The lowest BCUT2D eigenvalue weighted by Gasteiger charge is -2.08. The Labute approximate surface area is 140 Å². The summed E-state index contributed by atoms with van der Waals surface area (Å²) in [6, 6.07) is 13.4. The maximum absolute atomic E-state index is 12.1. The first-order chi connectivity index (χ1) is 11.8. The Morgan fingerprint density at radius 3 is 2.88 bits per heavy atom. The number of nitrogens with one attached hydrogen (secondary N) is 1. The molecule has 0 spiro atoms. The zero-order chi connectivity index (χ0) is 16.8. The monoisotopic (exact) mass is 324 g/mol. The van der Waals surface area contributed by atoms with Gasteiger partial charge in [-0.3, -0.25) is 9.20 Å². The summed E-state index contributed by atoms with van der Waals surface area (Å²) >= 11 is 0. The van der Waals surface area contributed by atoms with Crippen LogP contribution >= 0.6 is 0 Å². The molecule has 2 heterocycles. The normalized spacial score (nSPS) is 10.7. The van der Waals surface area contributed by atoms with Crippen LogP contribution in [0.5, 0.6) is 5.75 Å². The van der Waals surface area contributed by atoms with Crippen molar-refractivity contribution >= 4 is 11.6 Å². The first-order valence-corrected chi connectivity index (χ1v) is 7.95. The quantitative estimate of drug-likeness (QED) is 0.675. The van der Waals surface area contributed by atoms with E-state index in [1.807, 2.05) is 53.1 Å². The smallest absolute Gasteiger partial charge is 0.224 e. The Morgan fingerprint density at radius 1 is 1.17 bits per heavy atom. The summed E-state index contributed by atoms with van der Waals surface area (Å²) in [4.78, 5) is 12.1. The molecular formula is C18H20N4O2. The fourth-order valence-electron chi connectivity index (χ4n) is 2.62. The van der Waals surface area contributed by atoms with Crippen LogP contribution in [0.2, 0.25) is 0 Å². The fourth-order valence-corrected chi connectivity index (χ4v) is 2.62. The standard InChI is InChI=1S/C18H20N4O2/c1-24-15-8-3-2-7-14(15)13-18(23)19-11-6-10-17-21-20-16-9-4-5-12-22(16)17/h2-5,7-9,12H,6,10-11,13H2,1H3,(H,19,23). The van der Waals surface area contributed by atoms with Crippen molar-refractivity contribution in [1.82, 2.24) is 19.9 Å². The lowest BCUT2D eigenvalue weighted by Crippen LogP contribution is -2.26. The van der Waals surface area contributed by atoms with E-state index >= 15 is 0 Å². The molecule has 0 aliphatic carbocycles. The Balaban J connectivity index is 1.47. The number of rotatable bonds is 7. The number of nitrogens with zero attached hydrogens (tertiary/aromatic N) is 3. The lowest BCUT2D eigenvalue weighted by atomic mass is 10.1. The number of carbonyl (C=O) groups excluding carboxylic acids is 1. The Morgan fingerprint density at radius 2 is 2.00 bits per heavy atom. The van der Waals surface area contributed by atoms with Gasteiger partial charge in [-0.15, -0.1) is 10.2 Å². The predicted molar refractivity (Wildman–Crippen MR) is 91.0 cm³/mol. The highest BCUT2D eigenvalue weighted by Crippen LogP contribution is 2.17. The molecule has 124 valence electrons. The minimum absolute atomic E-state index is 0.00870. The van der Waals surface area contributed by atoms with Crippen LogP contribution in [0.25, 0.3) is 5.65 Å². The molecule has 6 nitrogen and oxygen atoms in total. The van der Waals surface area contributed by atoms with Crippen LogP contribution in [0.3, 0.4) is 0 Å². The third-order valence-corrected chi connectivity index (χ3v) is 3.83. The van der Waals surface area contributed by atoms with E-state index in [9.17, 15) is 4.79 Å².